The maximum Gasteiger partial charge on any atom is 0.234 e. The minimum Gasteiger partial charge on any atom is -0.490 e. The van der Waals surface area contributed by atoms with Crippen molar-refractivity contribution in [1.82, 2.24) is 25.2 Å². The lowest BCUT2D eigenvalue weighted by molar-refractivity contribution is -0.124. The van der Waals surface area contributed by atoms with Crippen LogP contribution in [0.3, 0.4) is 0 Å². The summed E-state index contributed by atoms with van der Waals surface area (Å²) in [6.45, 7) is 2.67. The van der Waals surface area contributed by atoms with Crippen LogP contribution in [-0.2, 0) is 4.79 Å². The molecule has 1 saturated heterocycles. The van der Waals surface area contributed by atoms with Gasteiger partial charge in [0.15, 0.2) is 5.82 Å². The molecule has 9 heteroatoms. The van der Waals surface area contributed by atoms with E-state index >= 15 is 0 Å². The third-order valence-corrected chi connectivity index (χ3v) is 5.89. The molecule has 1 aliphatic heterocycles. The van der Waals surface area contributed by atoms with E-state index in [0.717, 1.165) is 12.1 Å². The largest absolute Gasteiger partial charge is 0.490 e. The number of ether oxygens (including phenoxy) is 1. The second-order valence-electron chi connectivity index (χ2n) is 8.21. The molecule has 0 atom stereocenters. The van der Waals surface area contributed by atoms with Gasteiger partial charge in [0.25, 0.3) is 0 Å². The molecule has 5 rings (SSSR count). The van der Waals surface area contributed by atoms with Crippen molar-refractivity contribution < 1.29 is 13.9 Å². The predicted molar refractivity (Wildman–Crippen MR) is 133 cm³/mol. The minimum atomic E-state index is -0.323. The molecule has 0 unspecified atom stereocenters. The van der Waals surface area contributed by atoms with Crippen molar-refractivity contribution >= 4 is 22.6 Å². The van der Waals surface area contributed by atoms with E-state index in [9.17, 15) is 9.18 Å². The Balaban J connectivity index is 1.58. The third kappa shape index (κ3) is 4.90. The van der Waals surface area contributed by atoms with Crippen molar-refractivity contribution in [2.75, 3.05) is 45.2 Å². The van der Waals surface area contributed by atoms with Crippen LogP contribution in [0.15, 0.2) is 60.9 Å². The number of hydrogen-bond donors (Lipinski definition) is 2. The second kappa shape index (κ2) is 10.0. The van der Waals surface area contributed by atoms with E-state index in [-0.39, 0.29) is 11.7 Å². The molecule has 1 fully saturated rings. The molecule has 0 bridgehead atoms. The number of halogens is 1. The van der Waals surface area contributed by atoms with Gasteiger partial charge in [-0.2, -0.15) is 0 Å². The van der Waals surface area contributed by atoms with Crippen molar-refractivity contribution in [3.05, 3.63) is 66.7 Å². The maximum absolute atomic E-state index is 14.7. The van der Waals surface area contributed by atoms with Gasteiger partial charge in [0.05, 0.1) is 6.54 Å². The van der Waals surface area contributed by atoms with Gasteiger partial charge in [-0.15, -0.1) is 0 Å². The number of fused-ring (bicyclic) bond motifs is 1. The van der Waals surface area contributed by atoms with Gasteiger partial charge < -0.3 is 15.4 Å². The van der Waals surface area contributed by atoms with Gasteiger partial charge in [0.2, 0.25) is 5.91 Å². The molecule has 35 heavy (non-hydrogen) atoms. The Morgan fingerprint density at radius 3 is 2.80 bits per heavy atom. The number of benzene rings is 2. The fourth-order valence-electron chi connectivity index (χ4n) is 4.14. The summed E-state index contributed by atoms with van der Waals surface area (Å²) in [6.07, 6.45) is 3.40. The fourth-order valence-corrected chi connectivity index (χ4v) is 4.14. The third-order valence-electron chi connectivity index (χ3n) is 5.89. The van der Waals surface area contributed by atoms with Gasteiger partial charge in [-0.25, -0.2) is 14.4 Å². The van der Waals surface area contributed by atoms with E-state index < -0.39 is 0 Å². The summed E-state index contributed by atoms with van der Waals surface area (Å²) in [6, 6.07) is 14.0. The number of amides is 1. The second-order valence-corrected chi connectivity index (χ2v) is 8.21. The van der Waals surface area contributed by atoms with Gasteiger partial charge in [-0.1, -0.05) is 18.2 Å². The van der Waals surface area contributed by atoms with Crippen LogP contribution in [0.5, 0.6) is 5.75 Å². The first-order chi connectivity index (χ1) is 17.1. The number of nitrogens with one attached hydrogen (secondary N) is 2. The Morgan fingerprint density at radius 1 is 1.14 bits per heavy atom. The molecule has 3 heterocycles. The van der Waals surface area contributed by atoms with Crippen molar-refractivity contribution in [3.8, 4) is 28.3 Å². The Labute approximate surface area is 202 Å². The molecule has 2 aromatic carbocycles. The summed E-state index contributed by atoms with van der Waals surface area (Å²) < 4.78 is 20.9. The molecule has 4 aromatic rings. The number of anilines is 1. The van der Waals surface area contributed by atoms with Crippen LogP contribution >= 0.6 is 0 Å². The Kier molecular flexibility index (Phi) is 6.49. The number of hydrogen-bond acceptors (Lipinski definition) is 7. The molecule has 0 radical (unpaired) electrons. The molecular formula is C26H25FN6O2. The number of nitrogens with zero attached hydrogens (tertiary/aromatic N) is 4. The van der Waals surface area contributed by atoms with Gasteiger partial charge in [0, 0.05) is 55.6 Å². The molecule has 2 aromatic heterocycles. The summed E-state index contributed by atoms with van der Waals surface area (Å²) in [4.78, 5) is 27.4. The Morgan fingerprint density at radius 2 is 2.03 bits per heavy atom. The van der Waals surface area contributed by atoms with Crippen LogP contribution < -0.4 is 15.4 Å². The molecule has 2 N–H and O–H groups in total. The number of carbonyl (C=O) groups is 1. The van der Waals surface area contributed by atoms with Crippen molar-refractivity contribution in [3.63, 3.8) is 0 Å². The zero-order valence-corrected chi connectivity index (χ0v) is 19.3. The van der Waals surface area contributed by atoms with E-state index in [1.807, 2.05) is 29.2 Å². The number of carbonyl (C=O) groups excluding carboxylic acids is 1. The molecule has 8 nitrogen and oxygen atoms in total. The van der Waals surface area contributed by atoms with Gasteiger partial charge >= 0.3 is 0 Å². The average Bonchev–Trinajstić information content (AvgIpc) is 2.89. The number of piperazine rings is 1. The Bertz CT molecular complexity index is 1370. The highest BCUT2D eigenvalue weighted by Crippen LogP contribution is 2.36. The lowest BCUT2D eigenvalue weighted by Crippen LogP contribution is -2.48. The summed E-state index contributed by atoms with van der Waals surface area (Å²) in [5, 5.41) is 6.68. The van der Waals surface area contributed by atoms with E-state index in [2.05, 4.69) is 20.6 Å². The summed E-state index contributed by atoms with van der Waals surface area (Å²) in [5.74, 6) is 1.31. The van der Waals surface area contributed by atoms with E-state index in [0.29, 0.717) is 65.7 Å². The van der Waals surface area contributed by atoms with Gasteiger partial charge in [0.1, 0.15) is 29.5 Å². The lowest BCUT2D eigenvalue weighted by Gasteiger charge is -2.26. The standard InChI is InChI=1S/C26H25FN6O2/c1-28-26-20-13-18(19-6-2-3-7-21(19)27)14-22(35-12-11-33-10-9-30-23(34)16-33)24(20)31-25(32-26)17-5-4-8-29-15-17/h2-8,13-15H,9-12,16H2,1H3,(H,30,34)(H,28,31,32). The topological polar surface area (TPSA) is 92.3 Å². The first-order valence-corrected chi connectivity index (χ1v) is 11.4. The molecule has 0 saturated carbocycles. The smallest absolute Gasteiger partial charge is 0.234 e. The highest BCUT2D eigenvalue weighted by atomic mass is 19.1. The minimum absolute atomic E-state index is 0.00997. The molecule has 178 valence electrons. The van der Waals surface area contributed by atoms with E-state index in [4.69, 9.17) is 9.72 Å². The van der Waals surface area contributed by atoms with Crippen LogP contribution in [0.25, 0.3) is 33.4 Å². The maximum atomic E-state index is 14.7. The molecule has 0 spiro atoms. The van der Waals surface area contributed by atoms with Gasteiger partial charge in [-0.3, -0.25) is 14.7 Å². The van der Waals surface area contributed by atoms with Crippen molar-refractivity contribution in [2.24, 2.45) is 0 Å². The number of rotatable bonds is 7. The monoisotopic (exact) mass is 472 g/mol. The first-order valence-electron chi connectivity index (χ1n) is 11.4. The quantitative estimate of drug-likeness (QED) is 0.426. The van der Waals surface area contributed by atoms with Crippen molar-refractivity contribution in [2.45, 2.75) is 0 Å². The summed E-state index contributed by atoms with van der Waals surface area (Å²) >= 11 is 0. The number of aromatic nitrogens is 3. The highest BCUT2D eigenvalue weighted by molar-refractivity contribution is 5.97. The average molecular weight is 473 g/mol. The van der Waals surface area contributed by atoms with E-state index in [1.165, 1.54) is 6.07 Å². The normalized spacial score (nSPS) is 14.1. The summed E-state index contributed by atoms with van der Waals surface area (Å²) in [5.41, 5.74) is 2.51. The predicted octanol–water partition coefficient (Wildman–Crippen LogP) is 3.35. The zero-order valence-electron chi connectivity index (χ0n) is 19.3. The van der Waals surface area contributed by atoms with E-state index in [1.54, 1.807) is 37.6 Å². The van der Waals surface area contributed by atoms with Gasteiger partial charge in [-0.05, 0) is 35.9 Å². The SMILES string of the molecule is CNc1nc(-c2cccnc2)nc2c(OCCN3CCNC(=O)C3)cc(-c3ccccc3F)cc12. The van der Waals surface area contributed by atoms with Crippen LogP contribution in [0.2, 0.25) is 0 Å². The fraction of sp³-hybridized carbons (Fsp3) is 0.231. The summed E-state index contributed by atoms with van der Waals surface area (Å²) in [7, 11) is 1.78. The molecular weight excluding hydrogens is 447 g/mol. The van der Waals surface area contributed by atoms with Crippen molar-refractivity contribution in [1.29, 1.82) is 0 Å². The van der Waals surface area contributed by atoms with Crippen LogP contribution in [0.4, 0.5) is 10.2 Å². The Hall–Kier alpha value is -4.11. The van der Waals surface area contributed by atoms with Crippen LogP contribution in [0.1, 0.15) is 0 Å². The van der Waals surface area contributed by atoms with Crippen LogP contribution in [0, 0.1) is 5.82 Å². The van der Waals surface area contributed by atoms with Crippen LogP contribution in [-0.4, -0.2) is 65.6 Å². The molecule has 0 aliphatic carbocycles. The highest BCUT2D eigenvalue weighted by Gasteiger charge is 2.19. The first kappa shape index (κ1) is 22.7. The molecule has 1 aliphatic rings. The zero-order chi connectivity index (χ0) is 24.2. The number of pyridine rings is 1. The molecule has 1 amide bonds. The lowest BCUT2D eigenvalue weighted by atomic mass is 10.0.